The number of hydrogen-bond acceptors (Lipinski definition) is 7. The molecule has 32 heavy (non-hydrogen) atoms. The van der Waals surface area contributed by atoms with E-state index >= 15 is 0 Å². The van der Waals surface area contributed by atoms with E-state index in [1.165, 1.54) is 17.4 Å². The Hall–Kier alpha value is -2.59. The summed E-state index contributed by atoms with van der Waals surface area (Å²) in [4.78, 5) is 33.2. The van der Waals surface area contributed by atoms with E-state index < -0.39 is 4.92 Å². The van der Waals surface area contributed by atoms with Gasteiger partial charge in [0.05, 0.1) is 28.4 Å². The summed E-state index contributed by atoms with van der Waals surface area (Å²) in [5.41, 5.74) is 2.31. The molecule has 4 rings (SSSR count). The normalized spacial score (nSPS) is 14.6. The van der Waals surface area contributed by atoms with Gasteiger partial charge in [-0.1, -0.05) is 29.0 Å². The van der Waals surface area contributed by atoms with Crippen LogP contribution < -0.4 is 4.90 Å². The predicted molar refractivity (Wildman–Crippen MR) is 126 cm³/mol. The summed E-state index contributed by atoms with van der Waals surface area (Å²) in [5, 5.41) is 12.6. The lowest BCUT2D eigenvalue weighted by molar-refractivity contribution is -0.385. The Balaban J connectivity index is 1.72. The van der Waals surface area contributed by atoms with Gasteiger partial charge in [-0.2, -0.15) is 0 Å². The summed E-state index contributed by atoms with van der Waals surface area (Å²) in [6.07, 6.45) is 0. The van der Waals surface area contributed by atoms with E-state index in [1.807, 2.05) is 19.1 Å². The molecule has 8 nitrogen and oxygen atoms in total. The topological polar surface area (TPSA) is 88.8 Å². The fourth-order valence-corrected chi connectivity index (χ4v) is 5.25. The number of aryl methyl sites for hydroxylation is 1. The van der Waals surface area contributed by atoms with Crippen LogP contribution in [0.3, 0.4) is 0 Å². The van der Waals surface area contributed by atoms with Gasteiger partial charge in [0.1, 0.15) is 0 Å². The smallest absolute Gasteiger partial charge is 0.273 e. The molecule has 2 aromatic carbocycles. The van der Waals surface area contributed by atoms with Crippen LogP contribution in [0.5, 0.6) is 0 Å². The largest absolute Gasteiger partial charge is 0.379 e. The van der Waals surface area contributed by atoms with Crippen molar-refractivity contribution in [3.63, 3.8) is 0 Å². The number of amides is 1. The van der Waals surface area contributed by atoms with Gasteiger partial charge in [-0.3, -0.25) is 24.7 Å². The summed E-state index contributed by atoms with van der Waals surface area (Å²) in [7, 11) is 0. The van der Waals surface area contributed by atoms with Crippen LogP contribution in [0.25, 0.3) is 10.2 Å². The van der Waals surface area contributed by atoms with E-state index in [9.17, 15) is 14.9 Å². The van der Waals surface area contributed by atoms with Gasteiger partial charge >= 0.3 is 0 Å². The van der Waals surface area contributed by atoms with E-state index in [0.717, 1.165) is 28.9 Å². The van der Waals surface area contributed by atoms with Gasteiger partial charge < -0.3 is 4.74 Å². The Morgan fingerprint density at radius 2 is 2.06 bits per heavy atom. The minimum absolute atomic E-state index is 0.0732. The molecule has 0 unspecified atom stereocenters. The molecule has 1 fully saturated rings. The van der Waals surface area contributed by atoms with Gasteiger partial charge in [0.15, 0.2) is 5.13 Å². The van der Waals surface area contributed by atoms with Crippen molar-refractivity contribution in [2.24, 2.45) is 0 Å². The minimum Gasteiger partial charge on any atom is -0.379 e. The Morgan fingerprint density at radius 3 is 2.78 bits per heavy atom. The Bertz CT molecular complexity index is 1180. The quantitative estimate of drug-likeness (QED) is 0.387. The van der Waals surface area contributed by atoms with Crippen LogP contribution >= 0.6 is 22.9 Å². The number of aromatic nitrogens is 1. The maximum atomic E-state index is 13.6. The van der Waals surface area contributed by atoms with Crippen molar-refractivity contribution in [3.05, 3.63) is 62.2 Å². The highest BCUT2D eigenvalue weighted by Crippen LogP contribution is 2.34. The molecular weight excluding hydrogens is 452 g/mol. The summed E-state index contributed by atoms with van der Waals surface area (Å²) in [6, 6.07) is 8.27. The Morgan fingerprint density at radius 1 is 1.31 bits per heavy atom. The van der Waals surface area contributed by atoms with Crippen LogP contribution in [0.1, 0.15) is 21.5 Å². The molecule has 0 aliphatic carbocycles. The first-order valence-corrected chi connectivity index (χ1v) is 11.5. The van der Waals surface area contributed by atoms with Crippen molar-refractivity contribution in [3.8, 4) is 0 Å². The maximum absolute atomic E-state index is 13.6. The van der Waals surface area contributed by atoms with Crippen molar-refractivity contribution in [1.82, 2.24) is 9.88 Å². The third-order valence-electron chi connectivity index (χ3n) is 5.59. The first kappa shape index (κ1) is 22.6. The lowest BCUT2D eigenvalue weighted by Gasteiger charge is -2.29. The summed E-state index contributed by atoms with van der Waals surface area (Å²) in [6.45, 7) is 7.52. The third-order valence-corrected chi connectivity index (χ3v) is 6.83. The van der Waals surface area contributed by atoms with E-state index in [4.69, 9.17) is 21.3 Å². The van der Waals surface area contributed by atoms with E-state index in [2.05, 4.69) is 4.90 Å². The number of anilines is 1. The van der Waals surface area contributed by atoms with Crippen LogP contribution in [-0.4, -0.2) is 60.1 Å². The van der Waals surface area contributed by atoms with Crippen molar-refractivity contribution in [2.45, 2.75) is 13.8 Å². The van der Waals surface area contributed by atoms with E-state index in [1.54, 1.807) is 24.0 Å². The van der Waals surface area contributed by atoms with Gasteiger partial charge in [-0.15, -0.1) is 0 Å². The number of fused-ring (bicyclic) bond motifs is 1. The number of carbonyl (C=O) groups is 1. The van der Waals surface area contributed by atoms with Crippen molar-refractivity contribution >= 4 is 49.9 Å². The van der Waals surface area contributed by atoms with Crippen LogP contribution in [-0.2, 0) is 4.74 Å². The highest BCUT2D eigenvalue weighted by Gasteiger charge is 2.26. The Labute approximate surface area is 194 Å². The lowest BCUT2D eigenvalue weighted by Crippen LogP contribution is -2.43. The first-order valence-electron chi connectivity index (χ1n) is 10.3. The zero-order chi connectivity index (χ0) is 22.8. The number of hydrogen-bond donors (Lipinski definition) is 0. The second-order valence-electron chi connectivity index (χ2n) is 7.68. The molecule has 1 saturated heterocycles. The second kappa shape index (κ2) is 9.50. The number of morpholine rings is 1. The number of thiazole rings is 1. The molecule has 0 atom stereocenters. The number of nitro benzene ring substituents is 1. The standard InChI is InChI=1S/C22H23ClN4O4S/c1-14-12-16(23)13-19-20(14)24-22(32-19)26(7-6-25-8-10-31-11-9-25)21(28)17-4-3-5-18(15(17)2)27(29)30/h3-5,12-13H,6-11H2,1-2H3. The average molecular weight is 475 g/mol. The number of benzene rings is 2. The molecule has 3 aromatic rings. The molecule has 1 aliphatic heterocycles. The van der Waals surface area contributed by atoms with Gasteiger partial charge in [0.2, 0.25) is 0 Å². The SMILES string of the molecule is Cc1c(C(=O)N(CCN2CCOCC2)c2nc3c(C)cc(Cl)cc3s2)cccc1[N+](=O)[O-]. The maximum Gasteiger partial charge on any atom is 0.273 e. The fourth-order valence-electron chi connectivity index (χ4n) is 3.81. The molecular formula is C22H23ClN4O4S. The van der Waals surface area contributed by atoms with Crippen molar-refractivity contribution < 1.29 is 14.5 Å². The van der Waals surface area contributed by atoms with Crippen LogP contribution in [0.2, 0.25) is 5.02 Å². The molecule has 168 valence electrons. The van der Waals surface area contributed by atoms with E-state index in [-0.39, 0.29) is 11.6 Å². The summed E-state index contributed by atoms with van der Waals surface area (Å²) in [5.74, 6) is -0.303. The van der Waals surface area contributed by atoms with Gasteiger partial charge in [0, 0.05) is 48.4 Å². The van der Waals surface area contributed by atoms with Gasteiger partial charge in [-0.05, 0) is 37.6 Å². The molecule has 0 N–H and O–H groups in total. The zero-order valence-electron chi connectivity index (χ0n) is 17.8. The van der Waals surface area contributed by atoms with Crippen LogP contribution in [0, 0.1) is 24.0 Å². The second-order valence-corrected chi connectivity index (χ2v) is 9.13. The average Bonchev–Trinajstić information content (AvgIpc) is 3.18. The molecule has 1 aliphatic rings. The van der Waals surface area contributed by atoms with Crippen molar-refractivity contribution in [1.29, 1.82) is 0 Å². The van der Waals surface area contributed by atoms with Crippen LogP contribution in [0.15, 0.2) is 30.3 Å². The molecule has 1 aromatic heterocycles. The highest BCUT2D eigenvalue weighted by atomic mass is 35.5. The lowest BCUT2D eigenvalue weighted by atomic mass is 10.1. The van der Waals surface area contributed by atoms with E-state index in [0.29, 0.717) is 47.6 Å². The Kier molecular flexibility index (Phi) is 6.71. The molecule has 10 heteroatoms. The zero-order valence-corrected chi connectivity index (χ0v) is 19.4. The molecule has 0 saturated carbocycles. The number of rotatable bonds is 6. The monoisotopic (exact) mass is 474 g/mol. The molecule has 0 radical (unpaired) electrons. The van der Waals surface area contributed by atoms with Crippen LogP contribution in [0.4, 0.5) is 10.8 Å². The highest BCUT2D eigenvalue weighted by molar-refractivity contribution is 7.22. The number of ether oxygens (including phenoxy) is 1. The third kappa shape index (κ3) is 4.61. The number of halogens is 1. The molecule has 1 amide bonds. The summed E-state index contributed by atoms with van der Waals surface area (Å²) >= 11 is 7.61. The molecule has 2 heterocycles. The number of nitro groups is 1. The van der Waals surface area contributed by atoms with Crippen molar-refractivity contribution in [2.75, 3.05) is 44.3 Å². The number of nitrogens with zero attached hydrogens (tertiary/aromatic N) is 4. The molecule has 0 bridgehead atoms. The molecule has 0 spiro atoms. The van der Waals surface area contributed by atoms with Gasteiger partial charge in [-0.25, -0.2) is 4.98 Å². The van der Waals surface area contributed by atoms with Gasteiger partial charge in [0.25, 0.3) is 11.6 Å². The summed E-state index contributed by atoms with van der Waals surface area (Å²) < 4.78 is 6.31. The fraction of sp³-hybridized carbons (Fsp3) is 0.364. The predicted octanol–water partition coefficient (Wildman–Crippen LogP) is 4.45. The first-order chi connectivity index (χ1) is 15.3. The minimum atomic E-state index is -0.465. The number of carbonyl (C=O) groups excluding carboxylic acids is 1.